The topological polar surface area (TPSA) is 131 Å². The largest absolute Gasteiger partial charge is 0.467 e. The maximum Gasteiger partial charge on any atom is 0.329 e. The lowest BCUT2D eigenvalue weighted by atomic mass is 10.0. The van der Waals surface area contributed by atoms with E-state index in [1.165, 1.54) is 12.7 Å². The Balaban J connectivity index is 2.00. The van der Waals surface area contributed by atoms with E-state index in [-0.39, 0.29) is 6.54 Å². The van der Waals surface area contributed by atoms with Crippen molar-refractivity contribution in [3.63, 3.8) is 0 Å². The summed E-state index contributed by atoms with van der Waals surface area (Å²) in [6, 6.07) is 5.33. The Hall–Kier alpha value is -3.46. The van der Waals surface area contributed by atoms with Gasteiger partial charge in [-0.15, -0.1) is 0 Å². The van der Waals surface area contributed by atoms with E-state index in [9.17, 15) is 9.59 Å². The highest BCUT2D eigenvalue weighted by Gasteiger charge is 2.23. The lowest BCUT2D eigenvalue weighted by molar-refractivity contribution is -0.142. The molecule has 1 heterocycles. The Labute approximate surface area is 201 Å². The first-order valence-electron chi connectivity index (χ1n) is 11.5. The minimum absolute atomic E-state index is 0.0673. The molecule has 5 N–H and O–H groups in total. The van der Waals surface area contributed by atoms with Crippen LogP contribution in [0.4, 0.5) is 11.6 Å². The van der Waals surface area contributed by atoms with Crippen molar-refractivity contribution in [1.82, 2.24) is 15.3 Å². The summed E-state index contributed by atoms with van der Waals surface area (Å²) in [4.78, 5) is 33.2. The van der Waals surface area contributed by atoms with Gasteiger partial charge in [-0.25, -0.2) is 14.8 Å². The van der Waals surface area contributed by atoms with Crippen molar-refractivity contribution in [3.8, 4) is 0 Å². The molecular formula is C25H36N6O3. The molecule has 0 fully saturated rings. The number of ether oxygens (including phenoxy) is 1. The summed E-state index contributed by atoms with van der Waals surface area (Å²) in [6.07, 6.45) is 4.71. The van der Waals surface area contributed by atoms with Gasteiger partial charge in [0, 0.05) is 30.9 Å². The number of esters is 1. The van der Waals surface area contributed by atoms with Crippen LogP contribution in [0.2, 0.25) is 0 Å². The van der Waals surface area contributed by atoms with Gasteiger partial charge in [0.05, 0.1) is 24.1 Å². The van der Waals surface area contributed by atoms with Gasteiger partial charge >= 0.3 is 5.97 Å². The molecule has 184 valence electrons. The van der Waals surface area contributed by atoms with Crippen LogP contribution < -0.4 is 21.7 Å². The van der Waals surface area contributed by atoms with Crippen molar-refractivity contribution in [1.29, 1.82) is 0 Å². The summed E-state index contributed by atoms with van der Waals surface area (Å²) in [5, 5.41) is 9.27. The van der Waals surface area contributed by atoms with Gasteiger partial charge < -0.3 is 26.4 Å². The van der Waals surface area contributed by atoms with Crippen LogP contribution in [0.5, 0.6) is 0 Å². The number of hydrogen-bond donors (Lipinski definition) is 4. The van der Waals surface area contributed by atoms with E-state index in [1.807, 2.05) is 6.08 Å². The molecule has 1 aromatic heterocycles. The molecule has 0 saturated heterocycles. The van der Waals surface area contributed by atoms with Crippen LogP contribution >= 0.6 is 0 Å². The molecule has 1 atom stereocenters. The lowest BCUT2D eigenvalue weighted by Crippen LogP contribution is -2.46. The molecule has 1 aromatic carbocycles. The Morgan fingerprint density at radius 2 is 1.88 bits per heavy atom. The van der Waals surface area contributed by atoms with Crippen molar-refractivity contribution in [2.75, 3.05) is 37.4 Å². The highest BCUT2D eigenvalue weighted by atomic mass is 16.5. The van der Waals surface area contributed by atoms with Crippen LogP contribution in [0.15, 0.2) is 24.8 Å². The van der Waals surface area contributed by atoms with Crippen molar-refractivity contribution in [3.05, 3.63) is 52.9 Å². The lowest BCUT2D eigenvalue weighted by Gasteiger charge is -2.17. The molecule has 0 saturated carbocycles. The second kappa shape index (κ2) is 13.3. The molecule has 0 radical (unpaired) electrons. The van der Waals surface area contributed by atoms with Gasteiger partial charge in [0.25, 0.3) is 5.91 Å². The number of anilines is 2. The van der Waals surface area contributed by atoms with E-state index < -0.39 is 17.9 Å². The van der Waals surface area contributed by atoms with Crippen LogP contribution in [0.25, 0.3) is 6.08 Å². The minimum atomic E-state index is -0.926. The zero-order valence-electron chi connectivity index (χ0n) is 20.5. The van der Waals surface area contributed by atoms with E-state index in [1.54, 1.807) is 13.8 Å². The van der Waals surface area contributed by atoms with Crippen molar-refractivity contribution in [2.24, 2.45) is 5.73 Å². The van der Waals surface area contributed by atoms with E-state index in [0.717, 1.165) is 37.1 Å². The molecule has 2 aromatic rings. The molecule has 1 unspecified atom stereocenters. The number of amides is 1. The maximum absolute atomic E-state index is 12.7. The van der Waals surface area contributed by atoms with Gasteiger partial charge in [-0.05, 0) is 44.7 Å². The molecule has 2 rings (SSSR count). The third-order valence-corrected chi connectivity index (χ3v) is 5.40. The number of methoxy groups -OCH3 is 1. The molecule has 0 spiro atoms. The molecule has 34 heavy (non-hydrogen) atoms. The fraction of sp³-hybridized carbons (Fsp3) is 0.440. The highest BCUT2D eigenvalue weighted by molar-refractivity contribution is 5.98. The van der Waals surface area contributed by atoms with Crippen LogP contribution in [0, 0.1) is 13.8 Å². The van der Waals surface area contributed by atoms with Gasteiger partial charge in [0.1, 0.15) is 6.04 Å². The molecule has 0 aliphatic rings. The fourth-order valence-corrected chi connectivity index (χ4v) is 3.68. The number of carbonyl (C=O) groups is 2. The zero-order valence-corrected chi connectivity index (χ0v) is 20.5. The number of aromatic nitrogens is 2. The smallest absolute Gasteiger partial charge is 0.329 e. The average Bonchev–Trinajstić information content (AvgIpc) is 2.82. The summed E-state index contributed by atoms with van der Waals surface area (Å²) in [7, 11) is 1.25. The summed E-state index contributed by atoms with van der Waals surface area (Å²) in [5.74, 6) is -0.607. The summed E-state index contributed by atoms with van der Waals surface area (Å²) in [6.45, 7) is 11.1. The first-order valence-corrected chi connectivity index (χ1v) is 11.5. The monoisotopic (exact) mass is 468 g/mol. The number of nitrogens with zero attached hydrogens (tertiary/aromatic N) is 2. The van der Waals surface area contributed by atoms with Crippen molar-refractivity contribution >= 4 is 29.6 Å². The van der Waals surface area contributed by atoms with Crippen LogP contribution in [0.3, 0.4) is 0 Å². The van der Waals surface area contributed by atoms with Crippen molar-refractivity contribution < 1.29 is 14.3 Å². The van der Waals surface area contributed by atoms with E-state index in [0.29, 0.717) is 29.4 Å². The number of rotatable bonds is 13. The molecule has 0 aliphatic carbocycles. The van der Waals surface area contributed by atoms with E-state index >= 15 is 0 Å². The van der Waals surface area contributed by atoms with Crippen LogP contribution in [0.1, 0.15) is 52.6 Å². The Bertz CT molecular complexity index is 985. The first kappa shape index (κ1) is 26.8. The van der Waals surface area contributed by atoms with Gasteiger partial charge in [0.15, 0.2) is 0 Å². The van der Waals surface area contributed by atoms with Gasteiger partial charge in [0.2, 0.25) is 5.95 Å². The quantitative estimate of drug-likeness (QED) is 0.261. The van der Waals surface area contributed by atoms with Gasteiger partial charge in [-0.2, -0.15) is 0 Å². The van der Waals surface area contributed by atoms with Crippen molar-refractivity contribution in [2.45, 2.75) is 46.1 Å². The predicted octanol–water partition coefficient (Wildman–Crippen LogP) is 2.83. The third-order valence-electron chi connectivity index (χ3n) is 5.40. The minimum Gasteiger partial charge on any atom is -0.467 e. The number of benzene rings is 1. The van der Waals surface area contributed by atoms with Gasteiger partial charge in [-0.3, -0.25) is 4.79 Å². The molecule has 9 heteroatoms. The maximum atomic E-state index is 12.7. The number of carbonyl (C=O) groups excluding carboxylic acids is 2. The average molecular weight is 469 g/mol. The van der Waals surface area contributed by atoms with Crippen LogP contribution in [-0.2, 0) is 16.0 Å². The normalized spacial score (nSPS) is 11.4. The molecule has 0 aliphatic heterocycles. The van der Waals surface area contributed by atoms with Crippen LogP contribution in [-0.4, -0.2) is 54.6 Å². The van der Waals surface area contributed by atoms with Gasteiger partial charge in [-0.1, -0.05) is 31.7 Å². The Morgan fingerprint density at radius 1 is 1.18 bits per heavy atom. The summed E-state index contributed by atoms with van der Waals surface area (Å²) < 4.78 is 4.66. The third kappa shape index (κ3) is 7.02. The second-order valence-corrected chi connectivity index (χ2v) is 7.92. The zero-order chi connectivity index (χ0) is 25.1. The number of hydrogen-bond acceptors (Lipinski definition) is 8. The Morgan fingerprint density at radius 3 is 2.47 bits per heavy atom. The van der Waals surface area contributed by atoms with E-state index in [2.05, 4.69) is 62.4 Å². The Kier molecular flexibility index (Phi) is 10.5. The summed E-state index contributed by atoms with van der Waals surface area (Å²) in [5.41, 5.74) is 10.4. The second-order valence-electron chi connectivity index (χ2n) is 7.92. The SMILES string of the molecule is C=Cc1c(CCCNc2nc(C)c(C(=O)NC(CN)C(=O)OC)c(C)n2)cccc1NCCC. The molecular weight excluding hydrogens is 432 g/mol. The number of aryl methyl sites for hydroxylation is 3. The standard InChI is InChI=1S/C25H36N6O3/c1-6-13-27-20-12-8-10-18(19(20)7-2)11-9-14-28-25-29-16(3)22(17(4)30-25)23(32)31-21(15-26)24(33)34-5/h7-8,10,12,21,27H,2,6,9,11,13-15,26H2,1,3-5H3,(H,31,32)(H,28,29,30). The highest BCUT2D eigenvalue weighted by Crippen LogP contribution is 2.23. The van der Waals surface area contributed by atoms with E-state index in [4.69, 9.17) is 5.73 Å². The fourth-order valence-electron chi connectivity index (χ4n) is 3.68. The number of nitrogens with two attached hydrogens (primary N) is 1. The predicted molar refractivity (Wildman–Crippen MR) is 136 cm³/mol. The molecule has 1 amide bonds. The molecule has 9 nitrogen and oxygen atoms in total. The summed E-state index contributed by atoms with van der Waals surface area (Å²) >= 11 is 0. The molecule has 0 bridgehead atoms. The number of nitrogens with one attached hydrogen (secondary N) is 3. The first-order chi connectivity index (χ1) is 16.4.